The average Bonchev–Trinajstić information content (AvgIpc) is 2.79. The van der Waals surface area contributed by atoms with Crippen LogP contribution in [-0.2, 0) is 0 Å². The summed E-state index contributed by atoms with van der Waals surface area (Å²) in [7, 11) is 0. The first-order valence-electron chi connectivity index (χ1n) is 9.10. The maximum atomic E-state index is 14.5. The van der Waals surface area contributed by atoms with Crippen LogP contribution in [0, 0.1) is 28.5 Å². The first kappa shape index (κ1) is 18.2. The van der Waals surface area contributed by atoms with Crippen LogP contribution in [0.4, 0.5) is 4.39 Å². The number of hydrogen-bond acceptors (Lipinski definition) is 2. The molecule has 0 atom stereocenters. The first-order valence-corrected chi connectivity index (χ1v) is 9.10. The third-order valence-corrected chi connectivity index (χ3v) is 4.85. The van der Waals surface area contributed by atoms with E-state index in [2.05, 4.69) is 6.07 Å². The predicted octanol–water partition coefficient (Wildman–Crippen LogP) is 6.57. The van der Waals surface area contributed by atoms with E-state index in [0.29, 0.717) is 5.56 Å². The van der Waals surface area contributed by atoms with Gasteiger partial charge in [-0.3, -0.25) is 0 Å². The topological polar surface area (TPSA) is 47.6 Å². The predicted molar refractivity (Wildman–Crippen MR) is 112 cm³/mol. The Balaban J connectivity index is 2.02. The second kappa shape index (κ2) is 7.80. The maximum Gasteiger partial charge on any atom is 0.141 e. The highest BCUT2D eigenvalue weighted by Gasteiger charge is 2.16. The lowest BCUT2D eigenvalue weighted by Gasteiger charge is -2.15. The Labute approximate surface area is 168 Å². The molecule has 0 heterocycles. The Bertz CT molecular complexity index is 1260. The van der Waals surface area contributed by atoms with Gasteiger partial charge in [-0.1, -0.05) is 72.8 Å². The number of rotatable bonds is 3. The number of nitrogens with zero attached hydrogens (tertiary/aromatic N) is 2. The second-order valence-electron chi connectivity index (χ2n) is 6.59. The molecule has 0 unspecified atom stereocenters. The lowest BCUT2D eigenvalue weighted by Crippen LogP contribution is -1.94. The fraction of sp³-hybridized carbons (Fsp3) is 0. The molecule has 0 aliphatic carbocycles. The molecule has 4 aromatic carbocycles. The number of hydrogen-bond donors (Lipinski definition) is 0. The standard InChI is InChI=1S/C26H15FN2/c27-26-15-24(21(16-28)13-22(26)17-29)25-14-20(18-7-3-1-4-8-18)11-12-23(25)19-9-5-2-6-10-19/h1-15H. The highest BCUT2D eigenvalue weighted by Crippen LogP contribution is 2.38. The van der Waals surface area contributed by atoms with Crippen molar-refractivity contribution in [2.75, 3.05) is 0 Å². The zero-order chi connectivity index (χ0) is 20.2. The summed E-state index contributed by atoms with van der Waals surface area (Å²) in [6, 6.07) is 32.2. The van der Waals surface area contributed by atoms with Gasteiger partial charge in [0.25, 0.3) is 0 Å². The van der Waals surface area contributed by atoms with Gasteiger partial charge in [0.05, 0.1) is 17.2 Å². The largest absolute Gasteiger partial charge is 0.206 e. The highest BCUT2D eigenvalue weighted by atomic mass is 19.1. The molecule has 0 aromatic heterocycles. The second-order valence-corrected chi connectivity index (χ2v) is 6.59. The Morgan fingerprint density at radius 2 is 1.14 bits per heavy atom. The molecule has 0 saturated heterocycles. The smallest absolute Gasteiger partial charge is 0.141 e. The van der Waals surface area contributed by atoms with E-state index in [1.165, 1.54) is 12.1 Å². The zero-order valence-electron chi connectivity index (χ0n) is 15.4. The van der Waals surface area contributed by atoms with Crippen molar-refractivity contribution < 1.29 is 4.39 Å². The summed E-state index contributed by atoms with van der Waals surface area (Å²) in [5, 5.41) is 18.8. The minimum absolute atomic E-state index is 0.134. The van der Waals surface area contributed by atoms with Crippen molar-refractivity contribution in [3.63, 3.8) is 0 Å². The fourth-order valence-electron chi connectivity index (χ4n) is 3.42. The summed E-state index contributed by atoms with van der Waals surface area (Å²) in [5.41, 5.74) is 5.21. The summed E-state index contributed by atoms with van der Waals surface area (Å²) in [4.78, 5) is 0. The van der Waals surface area contributed by atoms with Crippen molar-refractivity contribution in [2.45, 2.75) is 0 Å². The van der Waals surface area contributed by atoms with Crippen molar-refractivity contribution in [3.05, 3.63) is 108 Å². The Hall–Kier alpha value is -4.21. The summed E-state index contributed by atoms with van der Waals surface area (Å²) < 4.78 is 14.5. The fourth-order valence-corrected chi connectivity index (χ4v) is 3.42. The van der Waals surface area contributed by atoms with Crippen LogP contribution in [-0.4, -0.2) is 0 Å². The quantitative estimate of drug-likeness (QED) is 0.407. The van der Waals surface area contributed by atoms with Crippen molar-refractivity contribution in [2.24, 2.45) is 0 Å². The van der Waals surface area contributed by atoms with E-state index >= 15 is 0 Å². The van der Waals surface area contributed by atoms with Gasteiger partial charge < -0.3 is 0 Å². The van der Waals surface area contributed by atoms with Gasteiger partial charge in [-0.2, -0.15) is 10.5 Å². The normalized spacial score (nSPS) is 10.2. The van der Waals surface area contributed by atoms with Crippen LogP contribution in [0.25, 0.3) is 33.4 Å². The van der Waals surface area contributed by atoms with Crippen molar-refractivity contribution >= 4 is 0 Å². The molecule has 4 aromatic rings. The van der Waals surface area contributed by atoms with Crippen LogP contribution in [0.15, 0.2) is 91.0 Å². The van der Waals surface area contributed by atoms with Gasteiger partial charge in [0, 0.05) is 5.56 Å². The molecule has 0 spiro atoms. The number of benzene rings is 4. The Morgan fingerprint density at radius 1 is 0.517 bits per heavy atom. The first-order chi connectivity index (χ1) is 14.2. The molecule has 0 fully saturated rings. The minimum atomic E-state index is -0.634. The molecule has 29 heavy (non-hydrogen) atoms. The van der Waals surface area contributed by atoms with Gasteiger partial charge in [-0.05, 0) is 46.0 Å². The molecular weight excluding hydrogens is 359 g/mol. The molecule has 0 aliphatic heterocycles. The number of nitriles is 2. The van der Waals surface area contributed by atoms with E-state index in [0.717, 1.165) is 27.8 Å². The van der Waals surface area contributed by atoms with Gasteiger partial charge in [-0.25, -0.2) is 4.39 Å². The van der Waals surface area contributed by atoms with Crippen LogP contribution >= 0.6 is 0 Å². The molecule has 0 bridgehead atoms. The third kappa shape index (κ3) is 3.50. The summed E-state index contributed by atoms with van der Waals surface area (Å²) in [5.74, 6) is -0.634. The van der Waals surface area contributed by atoms with E-state index in [4.69, 9.17) is 5.26 Å². The summed E-state index contributed by atoms with van der Waals surface area (Å²) >= 11 is 0. The Morgan fingerprint density at radius 3 is 1.76 bits per heavy atom. The molecule has 2 nitrogen and oxygen atoms in total. The Kier molecular flexibility index (Phi) is 4.89. The number of halogens is 1. The van der Waals surface area contributed by atoms with Crippen LogP contribution in [0.5, 0.6) is 0 Å². The minimum Gasteiger partial charge on any atom is -0.206 e. The molecule has 0 amide bonds. The monoisotopic (exact) mass is 374 g/mol. The molecule has 0 saturated carbocycles. The SMILES string of the molecule is N#Cc1cc(C#N)c(-c2cc(-c3ccccc3)ccc2-c2ccccc2)cc1F. The van der Waals surface area contributed by atoms with E-state index in [-0.39, 0.29) is 11.1 Å². The molecule has 4 rings (SSSR count). The van der Waals surface area contributed by atoms with Gasteiger partial charge in [-0.15, -0.1) is 0 Å². The maximum absolute atomic E-state index is 14.5. The summed E-state index contributed by atoms with van der Waals surface area (Å²) in [6.07, 6.45) is 0. The van der Waals surface area contributed by atoms with Crippen molar-refractivity contribution in [1.29, 1.82) is 10.5 Å². The third-order valence-electron chi connectivity index (χ3n) is 4.85. The zero-order valence-corrected chi connectivity index (χ0v) is 15.4. The summed E-state index contributed by atoms with van der Waals surface area (Å²) in [6.45, 7) is 0. The van der Waals surface area contributed by atoms with Gasteiger partial charge in [0.1, 0.15) is 11.9 Å². The highest BCUT2D eigenvalue weighted by molar-refractivity contribution is 5.89. The van der Waals surface area contributed by atoms with Crippen LogP contribution in [0.2, 0.25) is 0 Å². The molecule has 0 N–H and O–H groups in total. The van der Waals surface area contributed by atoms with E-state index in [1.807, 2.05) is 78.9 Å². The van der Waals surface area contributed by atoms with E-state index in [1.54, 1.807) is 6.07 Å². The van der Waals surface area contributed by atoms with Crippen LogP contribution in [0.1, 0.15) is 11.1 Å². The molecule has 0 aliphatic rings. The van der Waals surface area contributed by atoms with E-state index < -0.39 is 5.82 Å². The van der Waals surface area contributed by atoms with Crippen LogP contribution in [0.3, 0.4) is 0 Å². The molecular formula is C26H15FN2. The molecule has 3 heteroatoms. The molecule has 0 radical (unpaired) electrons. The van der Waals surface area contributed by atoms with Gasteiger partial charge >= 0.3 is 0 Å². The lowest BCUT2D eigenvalue weighted by molar-refractivity contribution is 0.624. The van der Waals surface area contributed by atoms with Gasteiger partial charge in [0.2, 0.25) is 0 Å². The molecule has 136 valence electrons. The van der Waals surface area contributed by atoms with Crippen molar-refractivity contribution in [3.8, 4) is 45.5 Å². The lowest BCUT2D eigenvalue weighted by atomic mass is 9.88. The van der Waals surface area contributed by atoms with Crippen LogP contribution < -0.4 is 0 Å². The average molecular weight is 374 g/mol. The van der Waals surface area contributed by atoms with E-state index in [9.17, 15) is 9.65 Å². The van der Waals surface area contributed by atoms with Crippen molar-refractivity contribution in [1.82, 2.24) is 0 Å². The van der Waals surface area contributed by atoms with Gasteiger partial charge in [0.15, 0.2) is 0 Å².